The summed E-state index contributed by atoms with van der Waals surface area (Å²) in [6, 6.07) is 5.52. The minimum Gasteiger partial charge on any atom is -0.386 e. The van der Waals surface area contributed by atoms with Crippen LogP contribution in [0.5, 0.6) is 0 Å². The van der Waals surface area contributed by atoms with Crippen LogP contribution in [0.25, 0.3) is 0 Å². The first-order valence-electron chi connectivity index (χ1n) is 5.50. The lowest BCUT2D eigenvalue weighted by atomic mass is 10.2. The van der Waals surface area contributed by atoms with Crippen molar-refractivity contribution in [1.82, 2.24) is 5.43 Å². The van der Waals surface area contributed by atoms with Crippen LogP contribution in [-0.2, 0) is 5.75 Å². The van der Waals surface area contributed by atoms with Gasteiger partial charge in [-0.15, -0.1) is 11.8 Å². The quantitative estimate of drug-likeness (QED) is 0.894. The maximum atomic E-state index is 6.12. The summed E-state index contributed by atoms with van der Waals surface area (Å²) in [4.78, 5) is 0. The lowest BCUT2D eigenvalue weighted by Crippen LogP contribution is -2.14. The summed E-state index contributed by atoms with van der Waals surface area (Å²) in [6.07, 6.45) is 3.75. The summed E-state index contributed by atoms with van der Waals surface area (Å²) in [5.41, 5.74) is 9.54. The monoisotopic (exact) mass is 301 g/mol. The summed E-state index contributed by atoms with van der Waals surface area (Å²) >= 11 is 13.8. The molecule has 96 valence electrons. The molecular formula is C12H13Cl2N3S. The molecule has 1 aromatic carbocycles. The van der Waals surface area contributed by atoms with Crippen molar-refractivity contribution in [3.63, 3.8) is 0 Å². The molecule has 0 bridgehead atoms. The summed E-state index contributed by atoms with van der Waals surface area (Å²) in [7, 11) is 0. The van der Waals surface area contributed by atoms with Crippen molar-refractivity contribution >= 4 is 40.8 Å². The van der Waals surface area contributed by atoms with E-state index < -0.39 is 0 Å². The molecule has 0 unspecified atom stereocenters. The Labute approximate surface area is 120 Å². The molecule has 0 amide bonds. The second-order valence-electron chi connectivity index (χ2n) is 3.81. The molecule has 2 rings (SSSR count). The van der Waals surface area contributed by atoms with Crippen molar-refractivity contribution in [3.05, 3.63) is 44.9 Å². The number of nitrogens with zero attached hydrogens (tertiary/aromatic N) is 1. The van der Waals surface area contributed by atoms with Gasteiger partial charge in [-0.3, -0.25) is 5.43 Å². The summed E-state index contributed by atoms with van der Waals surface area (Å²) < 4.78 is 0. The van der Waals surface area contributed by atoms with Crippen molar-refractivity contribution < 1.29 is 0 Å². The molecule has 3 nitrogen and oxygen atoms in total. The molecule has 0 atom stereocenters. The molecule has 0 radical (unpaired) electrons. The topological polar surface area (TPSA) is 50.4 Å². The molecule has 1 aromatic rings. The summed E-state index contributed by atoms with van der Waals surface area (Å²) in [6.45, 7) is 0. The van der Waals surface area contributed by atoms with Crippen molar-refractivity contribution in [2.75, 3.05) is 0 Å². The Morgan fingerprint density at radius 2 is 2.06 bits per heavy atom. The Kier molecular flexibility index (Phi) is 4.80. The van der Waals surface area contributed by atoms with Crippen molar-refractivity contribution in [1.29, 1.82) is 0 Å². The van der Waals surface area contributed by atoms with Crippen molar-refractivity contribution in [2.24, 2.45) is 10.8 Å². The van der Waals surface area contributed by atoms with Crippen molar-refractivity contribution in [2.45, 2.75) is 18.6 Å². The van der Waals surface area contributed by atoms with Crippen LogP contribution >= 0.6 is 35.0 Å². The number of nitrogens with two attached hydrogens (primary N) is 1. The number of allylic oxidation sites excluding steroid dienone is 1. The number of benzene rings is 1. The number of nitrogens with one attached hydrogen (secondary N) is 1. The predicted molar refractivity (Wildman–Crippen MR) is 79.8 cm³/mol. The number of halogens is 2. The molecule has 18 heavy (non-hydrogen) atoms. The van der Waals surface area contributed by atoms with Gasteiger partial charge in [0.1, 0.15) is 5.84 Å². The van der Waals surface area contributed by atoms with Crippen LogP contribution in [0.15, 0.2) is 34.4 Å². The maximum absolute atomic E-state index is 6.12. The first-order chi connectivity index (χ1) is 8.66. The van der Waals surface area contributed by atoms with E-state index in [-0.39, 0.29) is 0 Å². The normalized spacial score (nSPS) is 15.4. The van der Waals surface area contributed by atoms with Gasteiger partial charge in [-0.1, -0.05) is 35.3 Å². The van der Waals surface area contributed by atoms with E-state index in [1.807, 2.05) is 18.2 Å². The first kappa shape index (κ1) is 13.6. The fraction of sp³-hybridized carbons (Fsp3) is 0.250. The zero-order valence-corrected chi connectivity index (χ0v) is 11.9. The number of rotatable bonds is 3. The van der Waals surface area contributed by atoms with Gasteiger partial charge in [-0.25, -0.2) is 0 Å². The Morgan fingerprint density at radius 3 is 2.78 bits per heavy atom. The van der Waals surface area contributed by atoms with Gasteiger partial charge in [-0.2, -0.15) is 5.10 Å². The van der Waals surface area contributed by atoms with Crippen LogP contribution in [0, 0.1) is 0 Å². The van der Waals surface area contributed by atoms with Crippen LogP contribution < -0.4 is 11.2 Å². The van der Waals surface area contributed by atoms with Gasteiger partial charge < -0.3 is 5.73 Å². The highest BCUT2D eigenvalue weighted by atomic mass is 35.5. The van der Waals surface area contributed by atoms with E-state index in [0.717, 1.165) is 23.4 Å². The lowest BCUT2D eigenvalue weighted by molar-refractivity contribution is 0.946. The average molecular weight is 302 g/mol. The zero-order valence-electron chi connectivity index (χ0n) is 9.62. The van der Waals surface area contributed by atoms with E-state index in [1.54, 1.807) is 11.8 Å². The third-order valence-corrected chi connectivity index (χ3v) is 4.18. The molecule has 0 spiro atoms. The number of amidine groups is 1. The highest BCUT2D eigenvalue weighted by molar-refractivity contribution is 8.02. The number of hydrogen-bond donors (Lipinski definition) is 2. The first-order valence-corrected chi connectivity index (χ1v) is 7.25. The van der Waals surface area contributed by atoms with E-state index in [1.165, 1.54) is 0 Å². The lowest BCUT2D eigenvalue weighted by Gasteiger charge is -2.08. The van der Waals surface area contributed by atoms with Crippen LogP contribution in [0.2, 0.25) is 10.0 Å². The minimum atomic E-state index is 0.623. The molecule has 6 heteroatoms. The van der Waals surface area contributed by atoms with Gasteiger partial charge in [0.05, 0.1) is 5.03 Å². The molecule has 1 aliphatic heterocycles. The largest absolute Gasteiger partial charge is 0.386 e. The molecular weight excluding hydrogens is 289 g/mol. The van der Waals surface area contributed by atoms with Gasteiger partial charge in [0.2, 0.25) is 0 Å². The Morgan fingerprint density at radius 1 is 1.33 bits per heavy atom. The highest BCUT2D eigenvalue weighted by Crippen LogP contribution is 2.30. The third-order valence-electron chi connectivity index (χ3n) is 2.47. The predicted octanol–water partition coefficient (Wildman–Crippen LogP) is 3.72. The molecule has 0 fully saturated rings. The van der Waals surface area contributed by atoms with Crippen molar-refractivity contribution in [3.8, 4) is 0 Å². The molecule has 0 aromatic heterocycles. The molecule has 1 heterocycles. The fourth-order valence-corrected chi connectivity index (χ4v) is 3.14. The van der Waals surface area contributed by atoms with Crippen LogP contribution in [-0.4, -0.2) is 5.84 Å². The van der Waals surface area contributed by atoms with Crippen LogP contribution in [0.4, 0.5) is 0 Å². The van der Waals surface area contributed by atoms with E-state index in [0.29, 0.717) is 21.6 Å². The van der Waals surface area contributed by atoms with Gasteiger partial charge in [0.25, 0.3) is 0 Å². The summed E-state index contributed by atoms with van der Waals surface area (Å²) in [5, 5.41) is 6.40. The fourth-order valence-electron chi connectivity index (χ4n) is 1.49. The standard InChI is InChI=1S/C12H13Cl2N3S/c13-9-3-1-4-10(14)8(9)7-18-12-6-2-5-11(15)16-17-12/h1,3-4,6,17H,2,5,7H2,(H2,15,16). The van der Waals surface area contributed by atoms with Gasteiger partial charge in [0.15, 0.2) is 0 Å². The molecule has 0 aliphatic carbocycles. The minimum absolute atomic E-state index is 0.623. The molecule has 0 saturated carbocycles. The van der Waals surface area contributed by atoms with Gasteiger partial charge in [0, 0.05) is 22.2 Å². The van der Waals surface area contributed by atoms with Crippen LogP contribution in [0.3, 0.4) is 0 Å². The highest BCUT2D eigenvalue weighted by Gasteiger charge is 2.08. The van der Waals surface area contributed by atoms with E-state index >= 15 is 0 Å². The smallest absolute Gasteiger partial charge is 0.120 e. The van der Waals surface area contributed by atoms with Gasteiger partial charge >= 0.3 is 0 Å². The molecule has 0 saturated heterocycles. The zero-order chi connectivity index (χ0) is 13.0. The SMILES string of the molecule is NC1=NNC(SCc2c(Cl)cccc2Cl)=CCC1. The Bertz CT molecular complexity index is 480. The third kappa shape index (κ3) is 3.57. The maximum Gasteiger partial charge on any atom is 0.120 e. The number of thioether (sulfide) groups is 1. The number of hydrazone groups is 1. The second-order valence-corrected chi connectivity index (χ2v) is 5.64. The van der Waals surface area contributed by atoms with E-state index in [4.69, 9.17) is 28.9 Å². The van der Waals surface area contributed by atoms with E-state index in [9.17, 15) is 0 Å². The molecule has 1 aliphatic rings. The van der Waals surface area contributed by atoms with Crippen LogP contribution in [0.1, 0.15) is 18.4 Å². The van der Waals surface area contributed by atoms with Gasteiger partial charge in [-0.05, 0) is 24.1 Å². The number of hydrogen-bond acceptors (Lipinski definition) is 4. The second kappa shape index (κ2) is 6.36. The average Bonchev–Trinajstić information content (AvgIpc) is 2.54. The van der Waals surface area contributed by atoms with E-state index in [2.05, 4.69) is 16.6 Å². The Hall–Kier alpha value is -0.840. The molecule has 3 N–H and O–H groups in total. The Balaban J connectivity index is 2.01. The summed E-state index contributed by atoms with van der Waals surface area (Å²) in [5.74, 6) is 1.32.